The third-order valence-corrected chi connectivity index (χ3v) is 5.24. The number of H-pyrrole nitrogens is 1. The summed E-state index contributed by atoms with van der Waals surface area (Å²) in [5.74, 6) is 1.01. The Morgan fingerprint density at radius 1 is 1.39 bits per heavy atom. The van der Waals surface area contributed by atoms with E-state index in [-0.39, 0.29) is 11.9 Å². The maximum absolute atomic E-state index is 12.8. The fraction of sp³-hybridized carbons (Fsp3) is 0.556. The summed E-state index contributed by atoms with van der Waals surface area (Å²) in [6.07, 6.45) is 7.34. The van der Waals surface area contributed by atoms with Crippen LogP contribution in [-0.4, -0.2) is 46.8 Å². The molecular formula is C18H23N3O2. The third-order valence-electron chi connectivity index (χ3n) is 5.24. The quantitative estimate of drug-likeness (QED) is 0.943. The Balaban J connectivity index is 1.44. The van der Waals surface area contributed by atoms with Crippen molar-refractivity contribution >= 4 is 16.8 Å². The molecule has 1 saturated heterocycles. The number of nitrogens with zero attached hydrogens (tertiary/aromatic N) is 2. The van der Waals surface area contributed by atoms with E-state index < -0.39 is 0 Å². The molecule has 2 aromatic rings. The van der Waals surface area contributed by atoms with Gasteiger partial charge in [-0.25, -0.2) is 0 Å². The molecule has 1 amide bonds. The van der Waals surface area contributed by atoms with Gasteiger partial charge in [-0.05, 0) is 30.0 Å². The van der Waals surface area contributed by atoms with Gasteiger partial charge in [0.2, 0.25) is 5.91 Å². The minimum atomic E-state index is 0.223. The van der Waals surface area contributed by atoms with Gasteiger partial charge in [-0.15, -0.1) is 0 Å². The molecule has 2 fully saturated rings. The van der Waals surface area contributed by atoms with Crippen LogP contribution >= 0.6 is 0 Å². The standard InChI is InChI=1S/C18H23N3O2/c22-18(10-14-4-5-17-15(8-14)11-19-20-17)21-6-7-23-12-16(21)9-13-2-1-3-13/h4-5,8,11,13,16H,1-3,6-7,9-10,12H2,(H,19,20). The molecule has 122 valence electrons. The Hall–Kier alpha value is -1.88. The predicted molar refractivity (Wildman–Crippen MR) is 88.1 cm³/mol. The number of carbonyl (C=O) groups excluding carboxylic acids is 1. The molecule has 5 heteroatoms. The number of nitrogens with one attached hydrogen (secondary N) is 1. The molecular weight excluding hydrogens is 290 g/mol. The van der Waals surface area contributed by atoms with Gasteiger partial charge in [0.15, 0.2) is 0 Å². The molecule has 1 saturated carbocycles. The third kappa shape index (κ3) is 3.11. The average molecular weight is 313 g/mol. The molecule has 0 radical (unpaired) electrons. The van der Waals surface area contributed by atoms with Gasteiger partial charge in [-0.1, -0.05) is 25.3 Å². The maximum Gasteiger partial charge on any atom is 0.227 e. The first-order valence-electron chi connectivity index (χ1n) is 8.59. The molecule has 1 N–H and O–H groups in total. The van der Waals surface area contributed by atoms with E-state index in [0.29, 0.717) is 19.6 Å². The van der Waals surface area contributed by atoms with Crippen molar-refractivity contribution in [3.63, 3.8) is 0 Å². The molecule has 0 spiro atoms. The van der Waals surface area contributed by atoms with Crippen LogP contribution in [0, 0.1) is 5.92 Å². The average Bonchev–Trinajstić information content (AvgIpc) is 2.99. The van der Waals surface area contributed by atoms with E-state index in [1.54, 1.807) is 6.20 Å². The summed E-state index contributed by atoms with van der Waals surface area (Å²) in [7, 11) is 0. The highest BCUT2D eigenvalue weighted by molar-refractivity contribution is 5.83. The van der Waals surface area contributed by atoms with Crippen molar-refractivity contribution in [1.29, 1.82) is 0 Å². The Bertz CT molecular complexity index is 692. The van der Waals surface area contributed by atoms with Crippen molar-refractivity contribution in [2.75, 3.05) is 19.8 Å². The zero-order valence-corrected chi connectivity index (χ0v) is 13.3. The monoisotopic (exact) mass is 313 g/mol. The molecule has 1 unspecified atom stereocenters. The molecule has 0 bridgehead atoms. The second kappa shape index (κ2) is 6.32. The molecule has 5 nitrogen and oxygen atoms in total. The lowest BCUT2D eigenvalue weighted by Crippen LogP contribution is -2.50. The fourth-order valence-corrected chi connectivity index (χ4v) is 3.67. The molecule has 2 aliphatic rings. The van der Waals surface area contributed by atoms with Gasteiger partial charge in [0, 0.05) is 11.9 Å². The number of hydrogen-bond donors (Lipinski definition) is 1. The number of hydrogen-bond acceptors (Lipinski definition) is 3. The Kier molecular flexibility index (Phi) is 4.04. The lowest BCUT2D eigenvalue weighted by Gasteiger charge is -2.39. The van der Waals surface area contributed by atoms with Crippen LogP contribution in [0.3, 0.4) is 0 Å². The van der Waals surface area contributed by atoms with Crippen LogP contribution in [0.25, 0.3) is 10.9 Å². The number of fused-ring (bicyclic) bond motifs is 1. The van der Waals surface area contributed by atoms with E-state index in [4.69, 9.17) is 4.74 Å². The van der Waals surface area contributed by atoms with E-state index in [0.717, 1.165) is 35.3 Å². The van der Waals surface area contributed by atoms with Gasteiger partial charge < -0.3 is 9.64 Å². The summed E-state index contributed by atoms with van der Waals surface area (Å²) in [4.78, 5) is 14.8. The van der Waals surface area contributed by atoms with Crippen molar-refractivity contribution in [3.8, 4) is 0 Å². The molecule has 1 aromatic heterocycles. The maximum atomic E-state index is 12.8. The van der Waals surface area contributed by atoms with Crippen LogP contribution in [0.5, 0.6) is 0 Å². The lowest BCUT2D eigenvalue weighted by molar-refractivity contribution is -0.140. The number of ether oxygens (including phenoxy) is 1. The smallest absolute Gasteiger partial charge is 0.227 e. The fourth-order valence-electron chi connectivity index (χ4n) is 3.67. The first kappa shape index (κ1) is 14.7. The van der Waals surface area contributed by atoms with Crippen LogP contribution in [-0.2, 0) is 16.0 Å². The van der Waals surface area contributed by atoms with Crippen LogP contribution in [0.1, 0.15) is 31.2 Å². The van der Waals surface area contributed by atoms with Crippen molar-refractivity contribution in [2.24, 2.45) is 5.92 Å². The van der Waals surface area contributed by atoms with Crippen molar-refractivity contribution in [2.45, 2.75) is 38.1 Å². The summed E-state index contributed by atoms with van der Waals surface area (Å²) >= 11 is 0. The van der Waals surface area contributed by atoms with E-state index in [1.807, 2.05) is 12.1 Å². The van der Waals surface area contributed by atoms with E-state index in [9.17, 15) is 4.79 Å². The summed E-state index contributed by atoms with van der Waals surface area (Å²) in [6, 6.07) is 6.33. The Morgan fingerprint density at radius 2 is 2.30 bits per heavy atom. The number of amides is 1. The van der Waals surface area contributed by atoms with Crippen LogP contribution in [0.2, 0.25) is 0 Å². The summed E-state index contributed by atoms with van der Waals surface area (Å²) in [5, 5.41) is 8.04. The summed E-state index contributed by atoms with van der Waals surface area (Å²) < 4.78 is 5.62. The van der Waals surface area contributed by atoms with Crippen molar-refractivity contribution in [3.05, 3.63) is 30.0 Å². The van der Waals surface area contributed by atoms with E-state index >= 15 is 0 Å². The van der Waals surface area contributed by atoms with Crippen LogP contribution in [0.4, 0.5) is 0 Å². The molecule has 1 aliphatic carbocycles. The minimum absolute atomic E-state index is 0.223. The molecule has 1 aromatic carbocycles. The van der Waals surface area contributed by atoms with E-state index in [1.165, 1.54) is 19.3 Å². The molecule has 1 aliphatic heterocycles. The number of rotatable bonds is 4. The van der Waals surface area contributed by atoms with Gasteiger partial charge in [-0.2, -0.15) is 5.10 Å². The highest BCUT2D eigenvalue weighted by Gasteiger charge is 2.31. The largest absolute Gasteiger partial charge is 0.377 e. The lowest BCUT2D eigenvalue weighted by atomic mass is 9.80. The van der Waals surface area contributed by atoms with Gasteiger partial charge in [0.25, 0.3) is 0 Å². The number of morpholine rings is 1. The van der Waals surface area contributed by atoms with Crippen LogP contribution in [0.15, 0.2) is 24.4 Å². The zero-order chi connectivity index (χ0) is 15.6. The molecule has 23 heavy (non-hydrogen) atoms. The number of aromatic amines is 1. The Morgan fingerprint density at radius 3 is 3.13 bits per heavy atom. The Labute approximate surface area is 136 Å². The summed E-state index contributed by atoms with van der Waals surface area (Å²) in [6.45, 7) is 2.08. The molecule has 2 heterocycles. The zero-order valence-electron chi connectivity index (χ0n) is 13.3. The van der Waals surface area contributed by atoms with Crippen molar-refractivity contribution in [1.82, 2.24) is 15.1 Å². The van der Waals surface area contributed by atoms with Crippen LogP contribution < -0.4 is 0 Å². The molecule has 4 rings (SSSR count). The predicted octanol–water partition coefficient (Wildman–Crippen LogP) is 2.52. The number of carbonyl (C=O) groups is 1. The molecule has 1 atom stereocenters. The van der Waals surface area contributed by atoms with Gasteiger partial charge in [0.05, 0.1) is 37.4 Å². The minimum Gasteiger partial charge on any atom is -0.377 e. The topological polar surface area (TPSA) is 58.2 Å². The highest BCUT2D eigenvalue weighted by Crippen LogP contribution is 2.32. The second-order valence-electron chi connectivity index (χ2n) is 6.82. The van der Waals surface area contributed by atoms with Crippen molar-refractivity contribution < 1.29 is 9.53 Å². The second-order valence-corrected chi connectivity index (χ2v) is 6.82. The number of benzene rings is 1. The van der Waals surface area contributed by atoms with Gasteiger partial charge in [-0.3, -0.25) is 9.89 Å². The highest BCUT2D eigenvalue weighted by atomic mass is 16.5. The normalized spacial score (nSPS) is 22.3. The first-order chi connectivity index (χ1) is 11.3. The van der Waals surface area contributed by atoms with E-state index in [2.05, 4.69) is 21.2 Å². The van der Waals surface area contributed by atoms with Gasteiger partial charge in [0.1, 0.15) is 0 Å². The SMILES string of the molecule is O=C(Cc1ccc2[nH]ncc2c1)N1CCOCC1CC1CCC1. The number of aromatic nitrogens is 2. The first-order valence-corrected chi connectivity index (χ1v) is 8.59. The van der Waals surface area contributed by atoms with Gasteiger partial charge >= 0.3 is 0 Å². The summed E-state index contributed by atoms with van der Waals surface area (Å²) in [5.41, 5.74) is 2.06.